The van der Waals surface area contributed by atoms with E-state index in [9.17, 15) is 22.8 Å². The zero-order valence-electron chi connectivity index (χ0n) is 11.0. The van der Waals surface area contributed by atoms with Gasteiger partial charge in [-0.2, -0.15) is 13.2 Å². The van der Waals surface area contributed by atoms with Crippen molar-refractivity contribution < 1.29 is 27.9 Å². The summed E-state index contributed by atoms with van der Waals surface area (Å²) >= 11 is 0. The third kappa shape index (κ3) is 2.71. The number of carboxylic acids is 1. The number of fused-ring (bicyclic) bond motifs is 1. The largest absolute Gasteiger partial charge is 0.479 e. The molecule has 0 fully saturated rings. The van der Waals surface area contributed by atoms with Crippen LogP contribution in [0.2, 0.25) is 0 Å². The van der Waals surface area contributed by atoms with Crippen LogP contribution in [0.3, 0.4) is 0 Å². The van der Waals surface area contributed by atoms with Gasteiger partial charge in [-0.05, 0) is 30.2 Å². The molecular formula is C13H13F3N2O3. The van der Waals surface area contributed by atoms with Gasteiger partial charge in [0.1, 0.15) is 0 Å². The predicted molar refractivity (Wildman–Crippen MR) is 66.5 cm³/mol. The highest BCUT2D eigenvalue weighted by atomic mass is 19.4. The fraction of sp³-hybridized carbons (Fsp3) is 0.385. The molecule has 0 spiro atoms. The number of carbonyl (C=O) groups is 2. The van der Waals surface area contributed by atoms with Gasteiger partial charge in [0, 0.05) is 18.7 Å². The zero-order chi connectivity index (χ0) is 15.8. The van der Waals surface area contributed by atoms with E-state index in [2.05, 4.69) is 5.32 Å². The summed E-state index contributed by atoms with van der Waals surface area (Å²) in [5, 5.41) is 13.4. The molecule has 1 heterocycles. The van der Waals surface area contributed by atoms with Crippen molar-refractivity contribution in [2.75, 3.05) is 0 Å². The van der Waals surface area contributed by atoms with E-state index in [-0.39, 0.29) is 5.56 Å². The van der Waals surface area contributed by atoms with Crippen LogP contribution in [-0.2, 0) is 17.9 Å². The summed E-state index contributed by atoms with van der Waals surface area (Å²) in [4.78, 5) is 22.8. The van der Waals surface area contributed by atoms with Gasteiger partial charge in [0.2, 0.25) is 5.54 Å². The van der Waals surface area contributed by atoms with Gasteiger partial charge < -0.3 is 15.7 Å². The number of aliphatic carboxylic acids is 1. The van der Waals surface area contributed by atoms with Gasteiger partial charge in [0.15, 0.2) is 0 Å². The maximum atomic E-state index is 12.8. The highest BCUT2D eigenvalue weighted by Crippen LogP contribution is 2.31. The van der Waals surface area contributed by atoms with Crippen molar-refractivity contribution in [3.63, 3.8) is 0 Å². The second-order valence-corrected chi connectivity index (χ2v) is 4.97. The summed E-state index contributed by atoms with van der Waals surface area (Å²) in [6, 6.07) is 4.47. The Hall–Kier alpha value is -2.09. The number of alkyl halides is 3. The molecule has 5 nitrogen and oxygen atoms in total. The van der Waals surface area contributed by atoms with Crippen LogP contribution in [-0.4, -0.2) is 28.7 Å². The Morgan fingerprint density at radius 2 is 1.86 bits per heavy atom. The number of halogens is 3. The Balaban J connectivity index is 2.26. The molecule has 0 radical (unpaired) electrons. The van der Waals surface area contributed by atoms with Crippen LogP contribution < -0.4 is 10.6 Å². The normalized spacial score (nSPS) is 17.0. The number of hydrogen-bond donors (Lipinski definition) is 3. The monoisotopic (exact) mass is 302 g/mol. The number of benzene rings is 1. The van der Waals surface area contributed by atoms with Crippen LogP contribution in [0.5, 0.6) is 0 Å². The van der Waals surface area contributed by atoms with Crippen molar-refractivity contribution in [3.8, 4) is 0 Å². The van der Waals surface area contributed by atoms with Crippen LogP contribution in [0, 0.1) is 0 Å². The topological polar surface area (TPSA) is 78.4 Å². The summed E-state index contributed by atoms with van der Waals surface area (Å²) in [5.74, 6) is -3.24. The minimum atomic E-state index is -5.10. The van der Waals surface area contributed by atoms with Gasteiger partial charge in [-0.25, -0.2) is 4.79 Å². The maximum absolute atomic E-state index is 12.8. The second kappa shape index (κ2) is 5.03. The van der Waals surface area contributed by atoms with Crippen molar-refractivity contribution in [1.82, 2.24) is 10.6 Å². The summed E-state index contributed by atoms with van der Waals surface area (Å²) in [5.41, 5.74) is -1.56. The number of nitrogens with one attached hydrogen (secondary N) is 2. The second-order valence-electron chi connectivity index (χ2n) is 4.97. The Morgan fingerprint density at radius 1 is 1.24 bits per heavy atom. The van der Waals surface area contributed by atoms with Gasteiger partial charge in [0.25, 0.3) is 5.91 Å². The fourth-order valence-corrected chi connectivity index (χ4v) is 1.98. The number of amides is 1. The summed E-state index contributed by atoms with van der Waals surface area (Å²) in [6.45, 7) is 1.57. The quantitative estimate of drug-likeness (QED) is 0.789. The zero-order valence-corrected chi connectivity index (χ0v) is 11.0. The lowest BCUT2D eigenvalue weighted by atomic mass is 10.00. The molecule has 21 heavy (non-hydrogen) atoms. The molecule has 1 unspecified atom stereocenters. The van der Waals surface area contributed by atoms with Gasteiger partial charge >= 0.3 is 12.1 Å². The van der Waals surface area contributed by atoms with Crippen molar-refractivity contribution in [2.24, 2.45) is 0 Å². The van der Waals surface area contributed by atoms with E-state index in [0.29, 0.717) is 20.0 Å². The third-order valence-electron chi connectivity index (χ3n) is 3.46. The fourth-order valence-electron chi connectivity index (χ4n) is 1.98. The third-order valence-corrected chi connectivity index (χ3v) is 3.46. The Labute approximate surface area is 118 Å². The van der Waals surface area contributed by atoms with E-state index in [1.54, 1.807) is 11.4 Å². The van der Waals surface area contributed by atoms with Crippen molar-refractivity contribution in [1.29, 1.82) is 0 Å². The first-order chi connectivity index (χ1) is 9.65. The number of carbonyl (C=O) groups excluding carboxylic acids is 1. The van der Waals surface area contributed by atoms with E-state index in [1.807, 2.05) is 0 Å². The molecule has 1 aromatic carbocycles. The van der Waals surface area contributed by atoms with Crippen LogP contribution in [0.1, 0.15) is 28.4 Å². The number of hydrogen-bond acceptors (Lipinski definition) is 3. The molecular weight excluding hydrogens is 289 g/mol. The van der Waals surface area contributed by atoms with E-state index in [1.165, 1.54) is 12.1 Å². The van der Waals surface area contributed by atoms with Crippen LogP contribution in [0.4, 0.5) is 13.2 Å². The molecule has 1 aliphatic heterocycles. The van der Waals surface area contributed by atoms with Gasteiger partial charge in [-0.3, -0.25) is 4.79 Å². The molecule has 2 rings (SSSR count). The van der Waals surface area contributed by atoms with Crippen molar-refractivity contribution >= 4 is 11.9 Å². The molecule has 1 atom stereocenters. The van der Waals surface area contributed by atoms with Crippen LogP contribution >= 0.6 is 0 Å². The lowest BCUT2D eigenvalue weighted by Gasteiger charge is -2.28. The average Bonchev–Trinajstić information content (AvgIpc) is 2.83. The molecule has 0 saturated heterocycles. The van der Waals surface area contributed by atoms with Gasteiger partial charge in [-0.15, -0.1) is 0 Å². The molecule has 1 aromatic rings. The highest BCUT2D eigenvalue weighted by Gasteiger charge is 2.58. The smallest absolute Gasteiger partial charge is 0.422 e. The average molecular weight is 302 g/mol. The minimum Gasteiger partial charge on any atom is -0.479 e. The SMILES string of the molecule is CC(NC(=O)c1ccc2c(c1)CNC2)(C(=O)O)C(F)(F)F. The van der Waals surface area contributed by atoms with Crippen molar-refractivity contribution in [2.45, 2.75) is 31.7 Å². The molecule has 0 aliphatic carbocycles. The summed E-state index contributed by atoms with van der Waals surface area (Å²) < 4.78 is 38.5. The van der Waals surface area contributed by atoms with Gasteiger partial charge in [-0.1, -0.05) is 6.07 Å². The molecule has 114 valence electrons. The standard InChI is InChI=1S/C13H13F3N2O3/c1-12(11(20)21,13(14,15)16)18-10(19)7-2-3-8-5-17-6-9(8)4-7/h2-4,17H,5-6H2,1H3,(H,18,19)(H,20,21). The van der Waals surface area contributed by atoms with Crippen LogP contribution in [0.15, 0.2) is 18.2 Å². The molecule has 1 aliphatic rings. The van der Waals surface area contributed by atoms with Crippen molar-refractivity contribution in [3.05, 3.63) is 34.9 Å². The Bertz CT molecular complexity index is 601. The maximum Gasteiger partial charge on any atom is 0.422 e. The predicted octanol–water partition coefficient (Wildman–Crippen LogP) is 1.43. The number of carboxylic acid groups (broad SMARTS) is 1. The summed E-state index contributed by atoms with van der Waals surface area (Å²) in [6.07, 6.45) is -5.10. The first-order valence-electron chi connectivity index (χ1n) is 6.10. The molecule has 3 N–H and O–H groups in total. The van der Waals surface area contributed by atoms with E-state index in [0.717, 1.165) is 11.1 Å². The van der Waals surface area contributed by atoms with E-state index >= 15 is 0 Å². The molecule has 8 heteroatoms. The summed E-state index contributed by atoms with van der Waals surface area (Å²) in [7, 11) is 0. The van der Waals surface area contributed by atoms with E-state index < -0.39 is 23.6 Å². The first-order valence-corrected chi connectivity index (χ1v) is 6.10. The molecule has 0 bridgehead atoms. The molecule has 0 aromatic heterocycles. The minimum absolute atomic E-state index is 0.00539. The Kier molecular flexibility index (Phi) is 3.66. The Morgan fingerprint density at radius 3 is 2.43 bits per heavy atom. The number of rotatable bonds is 3. The lowest BCUT2D eigenvalue weighted by Crippen LogP contribution is -2.61. The molecule has 1 amide bonds. The van der Waals surface area contributed by atoms with Crippen LogP contribution in [0.25, 0.3) is 0 Å². The lowest BCUT2D eigenvalue weighted by molar-refractivity contribution is -0.203. The first kappa shape index (κ1) is 15.3. The van der Waals surface area contributed by atoms with Gasteiger partial charge in [0.05, 0.1) is 0 Å². The highest BCUT2D eigenvalue weighted by molar-refractivity contribution is 5.98. The molecule has 0 saturated carbocycles. The van der Waals surface area contributed by atoms with E-state index in [4.69, 9.17) is 5.11 Å².